The monoisotopic (exact) mass is 255 g/mol. The van der Waals surface area contributed by atoms with Gasteiger partial charge in [-0.05, 0) is 40.3 Å². The molecule has 0 bridgehead atoms. The number of nitrogens with zero attached hydrogens (tertiary/aromatic N) is 1. The van der Waals surface area contributed by atoms with Gasteiger partial charge in [-0.3, -0.25) is 4.90 Å². The lowest BCUT2D eigenvalue weighted by Crippen LogP contribution is -2.52. The van der Waals surface area contributed by atoms with E-state index < -0.39 is 11.6 Å². The van der Waals surface area contributed by atoms with Crippen molar-refractivity contribution in [3.63, 3.8) is 0 Å². The summed E-state index contributed by atoms with van der Waals surface area (Å²) in [4.78, 5) is 25.6. The Kier molecular flexibility index (Phi) is 4.51. The summed E-state index contributed by atoms with van der Waals surface area (Å²) in [5.41, 5.74) is -0.0937. The Hall–Kier alpha value is -1.36. The smallest absolute Gasteiger partial charge is 0.330 e. The van der Waals surface area contributed by atoms with Gasteiger partial charge in [-0.25, -0.2) is 9.59 Å². The van der Waals surface area contributed by atoms with E-state index in [1.807, 2.05) is 6.92 Å². The fraction of sp³-hybridized carbons (Fsp3) is 0.692. The molecule has 0 aromatic rings. The molecule has 0 amide bonds. The Labute approximate surface area is 108 Å². The summed E-state index contributed by atoms with van der Waals surface area (Å²) in [6.45, 7) is 7.73. The average molecular weight is 255 g/mol. The van der Waals surface area contributed by atoms with Crippen molar-refractivity contribution >= 4 is 11.9 Å². The third-order valence-electron chi connectivity index (χ3n) is 3.26. The van der Waals surface area contributed by atoms with Gasteiger partial charge in [0.2, 0.25) is 0 Å². The molecule has 0 spiro atoms. The summed E-state index contributed by atoms with van der Waals surface area (Å²) in [6, 6.07) is -0.514. The minimum atomic E-state index is -0.905. The molecule has 1 rings (SSSR count). The second kappa shape index (κ2) is 5.52. The van der Waals surface area contributed by atoms with E-state index in [-0.39, 0.29) is 11.9 Å². The van der Waals surface area contributed by atoms with E-state index >= 15 is 0 Å². The largest absolute Gasteiger partial charge is 0.465 e. The molecule has 0 saturated carbocycles. The third kappa shape index (κ3) is 2.41. The topological polar surface area (TPSA) is 55.8 Å². The summed E-state index contributed by atoms with van der Waals surface area (Å²) in [6.07, 6.45) is 1.77. The standard InChI is InChI=1S/C13H21NO4/c1-6-17-11(15)10-9(3)8-13(4,14(10)5)12(16)18-7-2/h8,10H,6-7H2,1-5H3. The Morgan fingerprint density at radius 1 is 1.33 bits per heavy atom. The summed E-state index contributed by atoms with van der Waals surface area (Å²) >= 11 is 0. The van der Waals surface area contributed by atoms with Crippen molar-refractivity contribution in [1.29, 1.82) is 0 Å². The number of carbonyl (C=O) groups excluding carboxylic acids is 2. The third-order valence-corrected chi connectivity index (χ3v) is 3.26. The van der Waals surface area contributed by atoms with Crippen LogP contribution in [0.15, 0.2) is 11.6 Å². The Morgan fingerprint density at radius 2 is 1.89 bits per heavy atom. The normalized spacial score (nSPS) is 27.8. The van der Waals surface area contributed by atoms with E-state index in [9.17, 15) is 9.59 Å². The van der Waals surface area contributed by atoms with Crippen LogP contribution >= 0.6 is 0 Å². The van der Waals surface area contributed by atoms with Crippen LogP contribution in [0, 0.1) is 0 Å². The van der Waals surface area contributed by atoms with Gasteiger partial charge in [0.05, 0.1) is 13.2 Å². The van der Waals surface area contributed by atoms with Gasteiger partial charge in [0.25, 0.3) is 0 Å². The highest BCUT2D eigenvalue weighted by atomic mass is 16.5. The molecule has 1 heterocycles. The second-order valence-electron chi connectivity index (χ2n) is 4.52. The van der Waals surface area contributed by atoms with Gasteiger partial charge in [-0.15, -0.1) is 0 Å². The maximum Gasteiger partial charge on any atom is 0.330 e. The molecular formula is C13H21NO4. The number of rotatable bonds is 4. The Bertz CT molecular complexity index is 377. The molecule has 18 heavy (non-hydrogen) atoms. The summed E-state index contributed by atoms with van der Waals surface area (Å²) in [7, 11) is 1.73. The number of esters is 2. The van der Waals surface area contributed by atoms with Crippen molar-refractivity contribution in [3.8, 4) is 0 Å². The maximum absolute atomic E-state index is 12.0. The SMILES string of the molecule is CCOC(=O)C1C(C)=CC(C)(C(=O)OCC)N1C. The Morgan fingerprint density at radius 3 is 2.39 bits per heavy atom. The maximum atomic E-state index is 12.0. The highest BCUT2D eigenvalue weighted by Crippen LogP contribution is 2.32. The number of hydrogen-bond acceptors (Lipinski definition) is 5. The van der Waals surface area contributed by atoms with Crippen molar-refractivity contribution in [1.82, 2.24) is 4.90 Å². The van der Waals surface area contributed by atoms with Crippen LogP contribution in [0.25, 0.3) is 0 Å². The first-order chi connectivity index (χ1) is 8.38. The van der Waals surface area contributed by atoms with Crippen LogP contribution in [0.3, 0.4) is 0 Å². The highest BCUT2D eigenvalue weighted by molar-refractivity contribution is 5.88. The summed E-state index contributed by atoms with van der Waals surface area (Å²) in [5.74, 6) is -0.680. The van der Waals surface area contributed by atoms with Crippen molar-refractivity contribution in [2.24, 2.45) is 0 Å². The van der Waals surface area contributed by atoms with Crippen molar-refractivity contribution in [3.05, 3.63) is 11.6 Å². The molecule has 0 N–H and O–H groups in total. The zero-order valence-corrected chi connectivity index (χ0v) is 11.6. The first-order valence-corrected chi connectivity index (χ1v) is 6.14. The predicted molar refractivity (Wildman–Crippen MR) is 67.0 cm³/mol. The minimum absolute atomic E-state index is 0.319. The first kappa shape index (κ1) is 14.7. The van der Waals surface area contributed by atoms with Crippen LogP contribution in [0.4, 0.5) is 0 Å². The van der Waals surface area contributed by atoms with Crippen LogP contribution in [0.5, 0.6) is 0 Å². The molecule has 0 aromatic heterocycles. The van der Waals surface area contributed by atoms with E-state index in [1.165, 1.54) is 0 Å². The van der Waals surface area contributed by atoms with Gasteiger partial charge >= 0.3 is 11.9 Å². The van der Waals surface area contributed by atoms with Crippen molar-refractivity contribution in [2.75, 3.05) is 20.3 Å². The predicted octanol–water partition coefficient (Wildman–Crippen LogP) is 1.13. The second-order valence-corrected chi connectivity index (χ2v) is 4.52. The van der Waals surface area contributed by atoms with Gasteiger partial charge in [0.15, 0.2) is 0 Å². The minimum Gasteiger partial charge on any atom is -0.465 e. The summed E-state index contributed by atoms with van der Waals surface area (Å²) < 4.78 is 10.1. The molecule has 1 aliphatic heterocycles. The van der Waals surface area contributed by atoms with Crippen LogP contribution in [0.1, 0.15) is 27.7 Å². The van der Waals surface area contributed by atoms with Crippen molar-refractivity contribution in [2.45, 2.75) is 39.3 Å². The van der Waals surface area contributed by atoms with E-state index in [2.05, 4.69) is 0 Å². The van der Waals surface area contributed by atoms with E-state index in [4.69, 9.17) is 9.47 Å². The average Bonchev–Trinajstić information content (AvgIpc) is 2.51. The molecule has 2 atom stereocenters. The first-order valence-electron chi connectivity index (χ1n) is 6.14. The number of carbonyl (C=O) groups is 2. The van der Waals surface area contributed by atoms with Gasteiger partial charge < -0.3 is 9.47 Å². The van der Waals surface area contributed by atoms with Gasteiger partial charge in [-0.2, -0.15) is 0 Å². The van der Waals surface area contributed by atoms with E-state index in [0.717, 1.165) is 5.57 Å². The zero-order chi connectivity index (χ0) is 13.9. The molecule has 2 unspecified atom stereocenters. The lowest BCUT2D eigenvalue weighted by atomic mass is 10.0. The van der Waals surface area contributed by atoms with Crippen LogP contribution in [-0.2, 0) is 19.1 Å². The van der Waals surface area contributed by atoms with Crippen LogP contribution in [0.2, 0.25) is 0 Å². The van der Waals surface area contributed by atoms with Gasteiger partial charge in [0, 0.05) is 0 Å². The molecule has 0 saturated heterocycles. The molecule has 1 aliphatic rings. The number of likely N-dealkylation sites (N-methyl/N-ethyl adjacent to an activating group) is 1. The summed E-state index contributed by atoms with van der Waals surface area (Å²) in [5, 5.41) is 0. The van der Waals surface area contributed by atoms with Crippen LogP contribution < -0.4 is 0 Å². The van der Waals surface area contributed by atoms with Crippen molar-refractivity contribution < 1.29 is 19.1 Å². The molecule has 102 valence electrons. The molecule has 5 nitrogen and oxygen atoms in total. The Balaban J connectivity index is 2.95. The molecule has 0 fully saturated rings. The lowest BCUT2D eigenvalue weighted by Gasteiger charge is -2.32. The zero-order valence-electron chi connectivity index (χ0n) is 11.6. The fourth-order valence-electron chi connectivity index (χ4n) is 2.24. The molecule has 0 radical (unpaired) electrons. The molecular weight excluding hydrogens is 234 g/mol. The molecule has 0 aromatic carbocycles. The lowest BCUT2D eigenvalue weighted by molar-refractivity contribution is -0.156. The van der Waals surface area contributed by atoms with Gasteiger partial charge in [0.1, 0.15) is 11.6 Å². The van der Waals surface area contributed by atoms with Gasteiger partial charge in [-0.1, -0.05) is 6.08 Å². The number of hydrogen-bond donors (Lipinski definition) is 0. The van der Waals surface area contributed by atoms with E-state index in [0.29, 0.717) is 13.2 Å². The molecule has 0 aliphatic carbocycles. The van der Waals surface area contributed by atoms with E-state index in [1.54, 1.807) is 38.8 Å². The molecule has 5 heteroatoms. The quantitative estimate of drug-likeness (QED) is 0.557. The fourth-order valence-corrected chi connectivity index (χ4v) is 2.24. The number of ether oxygens (including phenoxy) is 2. The highest BCUT2D eigenvalue weighted by Gasteiger charge is 2.48. The van der Waals surface area contributed by atoms with Crippen LogP contribution in [-0.4, -0.2) is 48.7 Å².